The first-order valence-corrected chi connectivity index (χ1v) is 8.24. The third-order valence-corrected chi connectivity index (χ3v) is 4.00. The molecule has 24 heavy (non-hydrogen) atoms. The highest BCUT2D eigenvalue weighted by Crippen LogP contribution is 2.19. The molecule has 0 spiro atoms. The number of carbonyl (C=O) groups excluding carboxylic acids is 2. The van der Waals surface area contributed by atoms with Crippen molar-refractivity contribution in [2.24, 2.45) is 0 Å². The quantitative estimate of drug-likeness (QED) is 0.790. The lowest BCUT2D eigenvalue weighted by Gasteiger charge is -2.10. The summed E-state index contributed by atoms with van der Waals surface area (Å²) in [4.78, 5) is 28.2. The van der Waals surface area contributed by atoms with E-state index in [0.717, 1.165) is 27.8 Å². The monoisotopic (exact) mass is 324 g/mol. The van der Waals surface area contributed by atoms with Crippen molar-refractivity contribution < 1.29 is 9.59 Å². The van der Waals surface area contributed by atoms with Crippen LogP contribution < -0.4 is 5.32 Å². The molecule has 0 aliphatic rings. The van der Waals surface area contributed by atoms with E-state index in [0.29, 0.717) is 25.8 Å². The normalized spacial score (nSPS) is 10.5. The van der Waals surface area contributed by atoms with Gasteiger partial charge in [-0.1, -0.05) is 17.7 Å². The highest BCUT2D eigenvalue weighted by molar-refractivity contribution is 5.99. The maximum atomic E-state index is 12.4. The second-order valence-electron chi connectivity index (χ2n) is 6.18. The molecular weight excluding hydrogens is 300 g/mol. The van der Waals surface area contributed by atoms with Gasteiger partial charge < -0.3 is 5.32 Å². The molecule has 0 aliphatic carbocycles. The average Bonchev–Trinajstić information content (AvgIpc) is 2.53. The number of rotatable bonds is 7. The number of pyridine rings is 1. The molecule has 2 rings (SSSR count). The molecule has 126 valence electrons. The highest BCUT2D eigenvalue weighted by atomic mass is 16.1. The van der Waals surface area contributed by atoms with Gasteiger partial charge in [0.1, 0.15) is 0 Å². The van der Waals surface area contributed by atoms with Crippen LogP contribution in [-0.4, -0.2) is 16.7 Å². The van der Waals surface area contributed by atoms with Gasteiger partial charge in [0.05, 0.1) is 0 Å². The Hall–Kier alpha value is -2.49. The Morgan fingerprint density at radius 3 is 2.25 bits per heavy atom. The van der Waals surface area contributed by atoms with Crippen LogP contribution in [0.3, 0.4) is 0 Å². The molecule has 0 atom stereocenters. The van der Waals surface area contributed by atoms with E-state index in [-0.39, 0.29) is 11.7 Å². The zero-order valence-corrected chi connectivity index (χ0v) is 14.6. The molecule has 1 amide bonds. The van der Waals surface area contributed by atoms with E-state index in [1.807, 2.05) is 45.0 Å². The number of ketones is 1. The summed E-state index contributed by atoms with van der Waals surface area (Å²) in [6.07, 6.45) is 4.72. The Bertz CT molecular complexity index is 701. The van der Waals surface area contributed by atoms with Crippen molar-refractivity contribution in [1.29, 1.82) is 0 Å². The minimum absolute atomic E-state index is 0.0306. The van der Waals surface area contributed by atoms with Crippen molar-refractivity contribution in [2.45, 2.75) is 46.6 Å². The van der Waals surface area contributed by atoms with Gasteiger partial charge in [-0.25, -0.2) is 0 Å². The van der Waals surface area contributed by atoms with Crippen molar-refractivity contribution in [1.82, 2.24) is 10.3 Å². The zero-order valence-electron chi connectivity index (χ0n) is 14.6. The molecule has 0 unspecified atom stereocenters. The largest absolute Gasteiger partial charge is 0.352 e. The summed E-state index contributed by atoms with van der Waals surface area (Å²) in [5.74, 6) is 0.0869. The van der Waals surface area contributed by atoms with E-state index in [9.17, 15) is 9.59 Å². The van der Waals surface area contributed by atoms with E-state index in [2.05, 4.69) is 10.3 Å². The first-order chi connectivity index (χ1) is 11.5. The summed E-state index contributed by atoms with van der Waals surface area (Å²) in [7, 11) is 0. The molecule has 1 aromatic carbocycles. The number of aryl methyl sites for hydroxylation is 3. The fourth-order valence-corrected chi connectivity index (χ4v) is 2.94. The first-order valence-electron chi connectivity index (χ1n) is 8.24. The van der Waals surface area contributed by atoms with E-state index in [1.54, 1.807) is 12.4 Å². The molecule has 0 aliphatic heterocycles. The fourth-order valence-electron chi connectivity index (χ4n) is 2.94. The van der Waals surface area contributed by atoms with E-state index in [1.165, 1.54) is 0 Å². The zero-order chi connectivity index (χ0) is 17.5. The maximum absolute atomic E-state index is 12.4. The molecule has 1 heterocycles. The average molecular weight is 324 g/mol. The number of aromatic nitrogens is 1. The Morgan fingerprint density at radius 2 is 1.62 bits per heavy atom. The van der Waals surface area contributed by atoms with Crippen LogP contribution in [0.15, 0.2) is 36.7 Å². The van der Waals surface area contributed by atoms with Crippen molar-refractivity contribution in [2.75, 3.05) is 0 Å². The number of carbonyl (C=O) groups is 2. The molecule has 1 aromatic heterocycles. The molecule has 0 saturated carbocycles. The molecule has 0 fully saturated rings. The lowest BCUT2D eigenvalue weighted by Crippen LogP contribution is -2.22. The van der Waals surface area contributed by atoms with Crippen molar-refractivity contribution in [3.8, 4) is 0 Å². The molecular formula is C20H24N2O2. The number of benzene rings is 1. The number of amides is 1. The summed E-state index contributed by atoms with van der Waals surface area (Å²) < 4.78 is 0. The summed E-state index contributed by atoms with van der Waals surface area (Å²) in [6.45, 7) is 6.45. The minimum Gasteiger partial charge on any atom is -0.352 e. The molecule has 2 aromatic rings. The van der Waals surface area contributed by atoms with Crippen molar-refractivity contribution in [3.63, 3.8) is 0 Å². The second kappa shape index (κ2) is 8.39. The first kappa shape index (κ1) is 17.9. The molecule has 0 saturated heterocycles. The van der Waals surface area contributed by atoms with Gasteiger partial charge in [0.2, 0.25) is 5.91 Å². The van der Waals surface area contributed by atoms with Gasteiger partial charge in [0.15, 0.2) is 5.78 Å². The van der Waals surface area contributed by atoms with Crippen molar-refractivity contribution >= 4 is 11.7 Å². The SMILES string of the molecule is Cc1cc(C)c(C(=O)CCCC(=O)NCc2ccncc2)c(C)c1. The molecule has 0 bridgehead atoms. The van der Waals surface area contributed by atoms with Gasteiger partial charge >= 0.3 is 0 Å². The van der Waals surface area contributed by atoms with E-state index in [4.69, 9.17) is 0 Å². The third kappa shape index (κ3) is 5.01. The smallest absolute Gasteiger partial charge is 0.220 e. The molecule has 4 nitrogen and oxygen atoms in total. The summed E-state index contributed by atoms with van der Waals surface area (Å²) in [6, 6.07) is 7.79. The topological polar surface area (TPSA) is 59.1 Å². The van der Waals surface area contributed by atoms with E-state index >= 15 is 0 Å². The molecule has 1 N–H and O–H groups in total. The van der Waals surface area contributed by atoms with Crippen LogP contribution in [0.4, 0.5) is 0 Å². The van der Waals surface area contributed by atoms with Crippen LogP contribution in [-0.2, 0) is 11.3 Å². The van der Waals surface area contributed by atoms with Crippen LogP contribution >= 0.6 is 0 Å². The van der Waals surface area contributed by atoms with Gasteiger partial charge in [-0.3, -0.25) is 14.6 Å². The predicted octanol–water partition coefficient (Wildman–Crippen LogP) is 3.68. The standard InChI is InChI=1S/C20H24N2O2/c1-14-11-15(2)20(16(3)12-14)18(23)5-4-6-19(24)22-13-17-7-9-21-10-8-17/h7-12H,4-6,13H2,1-3H3,(H,22,24). The Kier molecular flexibility index (Phi) is 6.24. The van der Waals surface area contributed by atoms with Gasteiger partial charge in [0.25, 0.3) is 0 Å². The van der Waals surface area contributed by atoms with Crippen LogP contribution in [0.25, 0.3) is 0 Å². The van der Waals surface area contributed by atoms with Gasteiger partial charge in [0, 0.05) is 37.3 Å². The van der Waals surface area contributed by atoms with Gasteiger partial charge in [-0.05, 0) is 56.0 Å². The van der Waals surface area contributed by atoms with E-state index < -0.39 is 0 Å². The number of Topliss-reactive ketones (excluding diaryl/α,β-unsaturated/α-hetero) is 1. The second-order valence-corrected chi connectivity index (χ2v) is 6.18. The molecule has 4 heteroatoms. The Morgan fingerprint density at radius 1 is 1.00 bits per heavy atom. The highest BCUT2D eigenvalue weighted by Gasteiger charge is 2.13. The minimum atomic E-state index is -0.0306. The summed E-state index contributed by atoms with van der Waals surface area (Å²) >= 11 is 0. The lowest BCUT2D eigenvalue weighted by atomic mass is 9.94. The van der Waals surface area contributed by atoms with Gasteiger partial charge in [-0.15, -0.1) is 0 Å². The van der Waals surface area contributed by atoms with Crippen LogP contribution in [0.5, 0.6) is 0 Å². The summed E-state index contributed by atoms with van der Waals surface area (Å²) in [5, 5.41) is 2.86. The van der Waals surface area contributed by atoms with Crippen LogP contribution in [0.1, 0.15) is 51.9 Å². The fraction of sp³-hybridized carbons (Fsp3) is 0.350. The van der Waals surface area contributed by atoms with Crippen LogP contribution in [0, 0.1) is 20.8 Å². The third-order valence-electron chi connectivity index (χ3n) is 4.00. The Labute approximate surface area is 143 Å². The summed E-state index contributed by atoms with van der Waals surface area (Å²) in [5.41, 5.74) is 5.01. The van der Waals surface area contributed by atoms with Gasteiger partial charge in [-0.2, -0.15) is 0 Å². The molecule has 0 radical (unpaired) electrons. The maximum Gasteiger partial charge on any atom is 0.220 e. The number of hydrogen-bond donors (Lipinski definition) is 1. The number of nitrogens with zero attached hydrogens (tertiary/aromatic N) is 1. The van der Waals surface area contributed by atoms with Crippen molar-refractivity contribution in [3.05, 3.63) is 64.5 Å². The predicted molar refractivity (Wildman–Crippen MR) is 94.9 cm³/mol. The lowest BCUT2D eigenvalue weighted by molar-refractivity contribution is -0.121. The Balaban J connectivity index is 1.79. The number of nitrogens with one attached hydrogen (secondary N) is 1. The number of hydrogen-bond acceptors (Lipinski definition) is 3. The van der Waals surface area contributed by atoms with Crippen LogP contribution in [0.2, 0.25) is 0 Å².